The maximum atomic E-state index is 12.4. The number of sulfonamides is 1. The molecule has 0 amide bonds. The summed E-state index contributed by atoms with van der Waals surface area (Å²) in [6.07, 6.45) is 4.38. The normalized spacial score (nSPS) is 12.0. The number of benzene rings is 1. The van der Waals surface area contributed by atoms with Crippen molar-refractivity contribution >= 4 is 10.0 Å². The minimum atomic E-state index is -3.46. The maximum absolute atomic E-state index is 12.4. The molecule has 0 aliphatic carbocycles. The molecule has 2 rings (SSSR count). The molecule has 0 spiro atoms. The second-order valence-electron chi connectivity index (χ2n) is 4.78. The van der Waals surface area contributed by atoms with E-state index < -0.39 is 10.0 Å². The molecule has 0 aliphatic heterocycles. The molecule has 0 unspecified atom stereocenters. The lowest BCUT2D eigenvalue weighted by molar-refractivity contribution is 0.466. The first kappa shape index (κ1) is 14.7. The Hall–Kier alpha value is -1.66. The number of hydrogen-bond donors (Lipinski definition) is 0. The third kappa shape index (κ3) is 3.08. The number of rotatable bonds is 5. The van der Waals surface area contributed by atoms with Gasteiger partial charge in [0.05, 0.1) is 11.1 Å². The van der Waals surface area contributed by atoms with E-state index in [0.717, 1.165) is 17.5 Å². The Kier molecular flexibility index (Phi) is 4.25. The van der Waals surface area contributed by atoms with E-state index in [1.54, 1.807) is 30.1 Å². The largest absolute Gasteiger partial charge is 0.275 e. The van der Waals surface area contributed by atoms with Crippen LogP contribution in [0.2, 0.25) is 0 Å². The van der Waals surface area contributed by atoms with Gasteiger partial charge in [-0.25, -0.2) is 8.42 Å². The zero-order chi connectivity index (χ0) is 14.8. The highest BCUT2D eigenvalue weighted by molar-refractivity contribution is 7.89. The molecule has 0 radical (unpaired) electrons. The summed E-state index contributed by atoms with van der Waals surface area (Å²) in [5, 5.41) is 4.04. The minimum Gasteiger partial charge on any atom is -0.275 e. The van der Waals surface area contributed by atoms with Gasteiger partial charge in [-0.05, 0) is 24.1 Å². The molecule has 0 saturated carbocycles. The Bertz CT molecular complexity index is 675. The summed E-state index contributed by atoms with van der Waals surface area (Å²) < 4.78 is 27.9. The van der Waals surface area contributed by atoms with Crippen molar-refractivity contribution in [3.63, 3.8) is 0 Å². The van der Waals surface area contributed by atoms with Crippen molar-refractivity contribution in [3.05, 3.63) is 47.8 Å². The predicted molar refractivity (Wildman–Crippen MR) is 77.7 cm³/mol. The van der Waals surface area contributed by atoms with Gasteiger partial charge >= 0.3 is 0 Å². The van der Waals surface area contributed by atoms with Crippen LogP contribution in [0.25, 0.3) is 0 Å². The lowest BCUT2D eigenvalue weighted by atomic mass is 10.2. The molecule has 20 heavy (non-hydrogen) atoms. The van der Waals surface area contributed by atoms with E-state index in [9.17, 15) is 8.42 Å². The molecule has 0 N–H and O–H groups in total. The highest BCUT2D eigenvalue weighted by Crippen LogP contribution is 2.17. The number of aromatic nitrogens is 2. The molecular weight excluding hydrogens is 274 g/mol. The first-order chi connectivity index (χ1) is 9.43. The molecule has 1 heterocycles. The summed E-state index contributed by atoms with van der Waals surface area (Å²) in [7, 11) is -0.0702. The summed E-state index contributed by atoms with van der Waals surface area (Å²) in [6, 6.07) is 7.03. The van der Waals surface area contributed by atoms with Gasteiger partial charge in [0.15, 0.2) is 0 Å². The summed E-state index contributed by atoms with van der Waals surface area (Å²) >= 11 is 0. The van der Waals surface area contributed by atoms with Crippen LogP contribution in [-0.2, 0) is 30.0 Å². The first-order valence-corrected chi connectivity index (χ1v) is 7.90. The predicted octanol–water partition coefficient (Wildman–Crippen LogP) is 1.80. The van der Waals surface area contributed by atoms with Gasteiger partial charge in [-0.1, -0.05) is 19.1 Å². The van der Waals surface area contributed by atoms with Crippen LogP contribution in [0.3, 0.4) is 0 Å². The van der Waals surface area contributed by atoms with Gasteiger partial charge < -0.3 is 0 Å². The lowest BCUT2D eigenvalue weighted by Gasteiger charge is -2.16. The monoisotopic (exact) mass is 293 g/mol. The van der Waals surface area contributed by atoms with Crippen molar-refractivity contribution in [2.45, 2.75) is 24.8 Å². The third-order valence-corrected chi connectivity index (χ3v) is 5.02. The summed E-state index contributed by atoms with van der Waals surface area (Å²) in [4.78, 5) is 0.320. The van der Waals surface area contributed by atoms with E-state index in [1.807, 2.05) is 32.3 Å². The zero-order valence-electron chi connectivity index (χ0n) is 11.9. The van der Waals surface area contributed by atoms with Gasteiger partial charge in [0, 0.05) is 32.4 Å². The zero-order valence-corrected chi connectivity index (χ0v) is 12.8. The molecule has 5 nitrogen and oxygen atoms in total. The Balaban J connectivity index is 2.19. The topological polar surface area (TPSA) is 55.2 Å². The van der Waals surface area contributed by atoms with Gasteiger partial charge in [0.25, 0.3) is 0 Å². The minimum absolute atomic E-state index is 0.311. The van der Waals surface area contributed by atoms with Gasteiger partial charge in [-0.2, -0.15) is 9.40 Å². The lowest BCUT2D eigenvalue weighted by Crippen LogP contribution is -2.26. The molecule has 0 aliphatic rings. The Morgan fingerprint density at radius 1 is 1.20 bits per heavy atom. The highest BCUT2D eigenvalue weighted by Gasteiger charge is 2.21. The van der Waals surface area contributed by atoms with Crippen molar-refractivity contribution in [1.82, 2.24) is 14.1 Å². The van der Waals surface area contributed by atoms with Crippen LogP contribution in [0.1, 0.15) is 18.1 Å². The molecule has 6 heteroatoms. The van der Waals surface area contributed by atoms with E-state index in [2.05, 4.69) is 5.10 Å². The average Bonchev–Trinajstić information content (AvgIpc) is 2.84. The summed E-state index contributed by atoms with van der Waals surface area (Å²) in [5.74, 6) is 0. The quantitative estimate of drug-likeness (QED) is 0.844. The van der Waals surface area contributed by atoms with Crippen molar-refractivity contribution in [2.24, 2.45) is 7.05 Å². The van der Waals surface area contributed by atoms with Crippen LogP contribution in [0.5, 0.6) is 0 Å². The molecule has 0 fully saturated rings. The average molecular weight is 293 g/mol. The van der Waals surface area contributed by atoms with Gasteiger partial charge in [-0.15, -0.1) is 0 Å². The van der Waals surface area contributed by atoms with E-state index in [1.165, 1.54) is 4.31 Å². The van der Waals surface area contributed by atoms with E-state index >= 15 is 0 Å². The van der Waals surface area contributed by atoms with Crippen LogP contribution in [0.4, 0.5) is 0 Å². The molecule has 0 bridgehead atoms. The standard InChI is InChI=1S/C14H19N3O2S/c1-4-12-5-7-14(8-6-12)20(18,19)17(3)11-13-9-15-16(2)10-13/h5-10H,4,11H2,1-3H3. The molecular formula is C14H19N3O2S. The van der Waals surface area contributed by atoms with Crippen LogP contribution in [0.15, 0.2) is 41.6 Å². The summed E-state index contributed by atoms with van der Waals surface area (Å²) in [6.45, 7) is 2.35. The SMILES string of the molecule is CCc1ccc(S(=O)(=O)N(C)Cc2cnn(C)c2)cc1. The van der Waals surface area contributed by atoms with Crippen molar-refractivity contribution in [1.29, 1.82) is 0 Å². The molecule has 2 aromatic rings. The van der Waals surface area contributed by atoms with Gasteiger partial charge in [0.2, 0.25) is 10.0 Å². The van der Waals surface area contributed by atoms with E-state index in [4.69, 9.17) is 0 Å². The van der Waals surface area contributed by atoms with Crippen molar-refractivity contribution in [3.8, 4) is 0 Å². The molecule has 108 valence electrons. The fourth-order valence-corrected chi connectivity index (χ4v) is 3.13. The number of nitrogens with zero attached hydrogens (tertiary/aromatic N) is 3. The van der Waals surface area contributed by atoms with Crippen molar-refractivity contribution in [2.75, 3.05) is 7.05 Å². The maximum Gasteiger partial charge on any atom is 0.243 e. The Morgan fingerprint density at radius 3 is 2.35 bits per heavy atom. The van der Waals surface area contributed by atoms with Crippen LogP contribution >= 0.6 is 0 Å². The molecule has 1 aromatic heterocycles. The number of hydrogen-bond acceptors (Lipinski definition) is 3. The third-order valence-electron chi connectivity index (χ3n) is 3.20. The van der Waals surface area contributed by atoms with Gasteiger partial charge in [0.1, 0.15) is 0 Å². The van der Waals surface area contributed by atoms with E-state index in [0.29, 0.717) is 11.4 Å². The molecule has 0 saturated heterocycles. The van der Waals surface area contributed by atoms with Crippen LogP contribution in [0, 0.1) is 0 Å². The van der Waals surface area contributed by atoms with E-state index in [-0.39, 0.29) is 0 Å². The fourth-order valence-electron chi connectivity index (χ4n) is 1.97. The second-order valence-corrected chi connectivity index (χ2v) is 6.83. The fraction of sp³-hybridized carbons (Fsp3) is 0.357. The second kappa shape index (κ2) is 5.76. The molecule has 1 aromatic carbocycles. The highest BCUT2D eigenvalue weighted by atomic mass is 32.2. The first-order valence-electron chi connectivity index (χ1n) is 6.46. The Labute approximate surface area is 119 Å². The van der Waals surface area contributed by atoms with Gasteiger partial charge in [-0.3, -0.25) is 4.68 Å². The summed E-state index contributed by atoms with van der Waals surface area (Å²) in [5.41, 5.74) is 1.99. The number of aryl methyl sites for hydroxylation is 2. The Morgan fingerprint density at radius 2 is 1.85 bits per heavy atom. The van der Waals surface area contributed by atoms with Crippen LogP contribution < -0.4 is 0 Å². The van der Waals surface area contributed by atoms with Crippen LogP contribution in [-0.4, -0.2) is 29.6 Å². The smallest absolute Gasteiger partial charge is 0.243 e. The van der Waals surface area contributed by atoms with Crippen molar-refractivity contribution < 1.29 is 8.42 Å². The molecule has 0 atom stereocenters.